The van der Waals surface area contributed by atoms with E-state index in [0.29, 0.717) is 0 Å². The van der Waals surface area contributed by atoms with Crippen LogP contribution in [0, 0.1) is 0 Å². The molecule has 0 radical (unpaired) electrons. The standard InChI is InChI=1S/C13H19NO5/c1-7-10(15)11(16)12(17)13(19-7)14-8-3-5-9(18-2)6-4-8/h3-7,10-17H,1-2H3/t7-,10+,11-,12+,13-/m1/s1. The third-order valence-electron chi connectivity index (χ3n) is 3.25. The second kappa shape index (κ2) is 5.75. The highest BCUT2D eigenvalue weighted by Gasteiger charge is 2.41. The summed E-state index contributed by atoms with van der Waals surface area (Å²) in [5.41, 5.74) is 0.723. The van der Waals surface area contributed by atoms with E-state index in [1.165, 1.54) is 0 Å². The number of aliphatic hydroxyl groups excluding tert-OH is 3. The second-order valence-electron chi connectivity index (χ2n) is 4.61. The minimum absolute atomic E-state index is 0.561. The molecular formula is C13H19NO5. The highest BCUT2D eigenvalue weighted by atomic mass is 16.5. The molecule has 0 amide bonds. The normalized spacial score (nSPS) is 34.9. The van der Waals surface area contributed by atoms with Crippen molar-refractivity contribution in [2.24, 2.45) is 0 Å². The summed E-state index contributed by atoms with van der Waals surface area (Å²) in [4.78, 5) is 0. The number of nitrogens with one attached hydrogen (secondary N) is 1. The van der Waals surface area contributed by atoms with Crippen LogP contribution in [0.3, 0.4) is 0 Å². The van der Waals surface area contributed by atoms with Gasteiger partial charge in [0.25, 0.3) is 0 Å². The Labute approximate surface area is 111 Å². The van der Waals surface area contributed by atoms with Gasteiger partial charge in [-0.25, -0.2) is 0 Å². The van der Waals surface area contributed by atoms with E-state index in [1.54, 1.807) is 38.3 Å². The first kappa shape index (κ1) is 14.1. The van der Waals surface area contributed by atoms with Crippen LogP contribution in [0.15, 0.2) is 24.3 Å². The lowest BCUT2D eigenvalue weighted by molar-refractivity contribution is -0.209. The van der Waals surface area contributed by atoms with Gasteiger partial charge in [-0.3, -0.25) is 0 Å². The largest absolute Gasteiger partial charge is 0.497 e. The van der Waals surface area contributed by atoms with E-state index in [4.69, 9.17) is 9.47 Å². The van der Waals surface area contributed by atoms with Crippen molar-refractivity contribution in [3.8, 4) is 5.75 Å². The lowest BCUT2D eigenvalue weighted by atomic mass is 9.99. The molecule has 19 heavy (non-hydrogen) atoms. The zero-order chi connectivity index (χ0) is 14.0. The molecule has 1 aliphatic heterocycles. The summed E-state index contributed by atoms with van der Waals surface area (Å²) in [6.07, 6.45) is -4.87. The molecule has 1 heterocycles. The molecule has 6 nitrogen and oxygen atoms in total. The fraction of sp³-hybridized carbons (Fsp3) is 0.538. The summed E-state index contributed by atoms with van der Waals surface area (Å²) < 4.78 is 10.5. The third-order valence-corrected chi connectivity index (χ3v) is 3.25. The number of hydrogen-bond donors (Lipinski definition) is 4. The highest BCUT2D eigenvalue weighted by molar-refractivity contribution is 5.47. The van der Waals surface area contributed by atoms with Gasteiger partial charge in [-0.05, 0) is 31.2 Å². The molecule has 5 atom stereocenters. The molecule has 106 valence electrons. The van der Waals surface area contributed by atoms with E-state index < -0.39 is 30.6 Å². The molecule has 0 aliphatic carbocycles. The van der Waals surface area contributed by atoms with Gasteiger partial charge in [0.15, 0.2) is 6.23 Å². The maximum atomic E-state index is 9.87. The molecular weight excluding hydrogens is 250 g/mol. The predicted molar refractivity (Wildman–Crippen MR) is 69.0 cm³/mol. The zero-order valence-corrected chi connectivity index (χ0v) is 10.9. The number of methoxy groups -OCH3 is 1. The monoisotopic (exact) mass is 269 g/mol. The second-order valence-corrected chi connectivity index (χ2v) is 4.61. The van der Waals surface area contributed by atoms with Crippen LogP contribution in [-0.2, 0) is 4.74 Å². The van der Waals surface area contributed by atoms with Crippen molar-refractivity contribution in [1.82, 2.24) is 0 Å². The Kier molecular flexibility index (Phi) is 4.26. The fourth-order valence-corrected chi connectivity index (χ4v) is 2.02. The van der Waals surface area contributed by atoms with Crippen LogP contribution < -0.4 is 10.1 Å². The van der Waals surface area contributed by atoms with Crippen molar-refractivity contribution in [1.29, 1.82) is 0 Å². The molecule has 2 rings (SSSR count). The molecule has 0 saturated carbocycles. The highest BCUT2D eigenvalue weighted by Crippen LogP contribution is 2.23. The van der Waals surface area contributed by atoms with Crippen LogP contribution >= 0.6 is 0 Å². The molecule has 1 aliphatic rings. The number of rotatable bonds is 3. The van der Waals surface area contributed by atoms with Gasteiger partial charge in [-0.15, -0.1) is 0 Å². The van der Waals surface area contributed by atoms with Crippen molar-refractivity contribution in [3.63, 3.8) is 0 Å². The van der Waals surface area contributed by atoms with Crippen LogP contribution in [0.2, 0.25) is 0 Å². The molecule has 1 aromatic rings. The third kappa shape index (κ3) is 2.98. The Bertz CT molecular complexity index is 410. The summed E-state index contributed by atoms with van der Waals surface area (Å²) in [6.45, 7) is 1.64. The Balaban J connectivity index is 2.05. The number of ether oxygens (including phenoxy) is 2. The average Bonchev–Trinajstić information content (AvgIpc) is 2.43. The molecule has 1 fully saturated rings. The topological polar surface area (TPSA) is 91.2 Å². The van der Waals surface area contributed by atoms with Crippen molar-refractivity contribution >= 4 is 5.69 Å². The van der Waals surface area contributed by atoms with Gasteiger partial charge in [0.05, 0.1) is 13.2 Å². The van der Waals surface area contributed by atoms with E-state index >= 15 is 0 Å². The van der Waals surface area contributed by atoms with E-state index in [2.05, 4.69) is 5.32 Å². The molecule has 0 aromatic heterocycles. The molecule has 4 N–H and O–H groups in total. The fourth-order valence-electron chi connectivity index (χ4n) is 2.02. The number of anilines is 1. The first-order valence-corrected chi connectivity index (χ1v) is 6.13. The van der Waals surface area contributed by atoms with Gasteiger partial charge < -0.3 is 30.1 Å². The summed E-state index contributed by atoms with van der Waals surface area (Å²) in [5.74, 6) is 0.722. The quantitative estimate of drug-likeness (QED) is 0.614. The van der Waals surface area contributed by atoms with Crippen LogP contribution in [0.4, 0.5) is 5.69 Å². The van der Waals surface area contributed by atoms with Gasteiger partial charge in [0, 0.05) is 5.69 Å². The zero-order valence-electron chi connectivity index (χ0n) is 10.9. The smallest absolute Gasteiger partial charge is 0.157 e. The van der Waals surface area contributed by atoms with E-state index in [0.717, 1.165) is 11.4 Å². The van der Waals surface area contributed by atoms with Crippen molar-refractivity contribution < 1.29 is 24.8 Å². The first-order chi connectivity index (χ1) is 9.02. The van der Waals surface area contributed by atoms with Gasteiger partial charge in [-0.1, -0.05) is 0 Å². The minimum atomic E-state index is -1.24. The van der Waals surface area contributed by atoms with Gasteiger partial charge in [-0.2, -0.15) is 0 Å². The summed E-state index contributed by atoms with van der Waals surface area (Å²) in [7, 11) is 1.58. The lowest BCUT2D eigenvalue weighted by Crippen LogP contribution is -2.58. The minimum Gasteiger partial charge on any atom is -0.497 e. The average molecular weight is 269 g/mol. The van der Waals surface area contributed by atoms with Crippen LogP contribution in [0.25, 0.3) is 0 Å². The predicted octanol–water partition coefficient (Wildman–Crippen LogP) is -0.0654. The van der Waals surface area contributed by atoms with Crippen molar-refractivity contribution in [3.05, 3.63) is 24.3 Å². The Morgan fingerprint density at radius 2 is 1.68 bits per heavy atom. The number of benzene rings is 1. The lowest BCUT2D eigenvalue weighted by Gasteiger charge is -2.39. The van der Waals surface area contributed by atoms with Crippen LogP contribution in [0.1, 0.15) is 6.92 Å². The van der Waals surface area contributed by atoms with Crippen LogP contribution in [-0.4, -0.2) is 53.1 Å². The van der Waals surface area contributed by atoms with Crippen LogP contribution in [0.5, 0.6) is 5.75 Å². The Morgan fingerprint density at radius 3 is 2.26 bits per heavy atom. The van der Waals surface area contributed by atoms with E-state index in [-0.39, 0.29) is 0 Å². The molecule has 0 bridgehead atoms. The summed E-state index contributed by atoms with van der Waals surface area (Å²) in [6, 6.07) is 7.09. The van der Waals surface area contributed by atoms with E-state index in [1.807, 2.05) is 0 Å². The molecule has 0 unspecified atom stereocenters. The van der Waals surface area contributed by atoms with E-state index in [9.17, 15) is 15.3 Å². The maximum absolute atomic E-state index is 9.87. The molecule has 1 aromatic carbocycles. The van der Waals surface area contributed by atoms with Crippen molar-refractivity contribution in [2.45, 2.75) is 37.6 Å². The van der Waals surface area contributed by atoms with Gasteiger partial charge >= 0.3 is 0 Å². The Morgan fingerprint density at radius 1 is 1.05 bits per heavy atom. The SMILES string of the molecule is COc1ccc(N[C@@H]2O[C@H](C)[C@H](O)[C@@H](O)[C@@H]2O)cc1. The summed E-state index contributed by atoms with van der Waals surface area (Å²) in [5, 5.41) is 32.1. The van der Waals surface area contributed by atoms with Crippen molar-refractivity contribution in [2.75, 3.05) is 12.4 Å². The number of aliphatic hydroxyl groups is 3. The summed E-state index contributed by atoms with van der Waals surface area (Å²) >= 11 is 0. The van der Waals surface area contributed by atoms with Gasteiger partial charge in [0.2, 0.25) is 0 Å². The first-order valence-electron chi connectivity index (χ1n) is 6.13. The van der Waals surface area contributed by atoms with Gasteiger partial charge in [0.1, 0.15) is 24.1 Å². The molecule has 1 saturated heterocycles. The maximum Gasteiger partial charge on any atom is 0.157 e. The molecule has 0 spiro atoms. The number of hydrogen-bond acceptors (Lipinski definition) is 6. The molecule has 6 heteroatoms. The Hall–Kier alpha value is -1.34.